The molecule has 0 unspecified atom stereocenters. The molecule has 0 aliphatic heterocycles. The fraction of sp³-hybridized carbons (Fsp3) is 0.440. The van der Waals surface area contributed by atoms with Crippen molar-refractivity contribution in [2.24, 2.45) is 0 Å². The summed E-state index contributed by atoms with van der Waals surface area (Å²) in [7, 11) is -2.37. The quantitative estimate of drug-likeness (QED) is 0.433. The molecule has 0 saturated heterocycles. The minimum absolute atomic E-state index is 0.220. The van der Waals surface area contributed by atoms with Crippen molar-refractivity contribution in [2.75, 3.05) is 37.3 Å². The van der Waals surface area contributed by atoms with E-state index in [1.54, 1.807) is 6.07 Å². The van der Waals surface area contributed by atoms with Crippen molar-refractivity contribution < 1.29 is 22.7 Å². The molecule has 0 fully saturated rings. The van der Waals surface area contributed by atoms with Gasteiger partial charge in [0.1, 0.15) is 18.3 Å². The van der Waals surface area contributed by atoms with Gasteiger partial charge in [0.2, 0.25) is 21.8 Å². The largest absolute Gasteiger partial charge is 0.495 e. The Morgan fingerprint density at radius 1 is 1.11 bits per heavy atom. The average molecular weight is 524 g/mol. The number of ether oxygens (including phenoxy) is 1. The molecule has 0 aliphatic rings. The summed E-state index contributed by atoms with van der Waals surface area (Å²) in [4.78, 5) is 27.9. The lowest BCUT2D eigenvalue weighted by Gasteiger charge is -2.33. The van der Waals surface area contributed by atoms with Crippen LogP contribution in [0.1, 0.15) is 32.3 Å². The number of nitrogens with one attached hydrogen (secondary N) is 1. The molecule has 2 rings (SSSR count). The minimum atomic E-state index is -3.83. The molecular formula is C25H34ClN3O5S. The highest BCUT2D eigenvalue weighted by molar-refractivity contribution is 7.92. The molecule has 1 atom stereocenters. The lowest BCUT2D eigenvalue weighted by Crippen LogP contribution is -2.53. The van der Waals surface area contributed by atoms with Crippen LogP contribution in [0.2, 0.25) is 5.02 Å². The first kappa shape index (κ1) is 28.5. The van der Waals surface area contributed by atoms with Crippen LogP contribution in [0.3, 0.4) is 0 Å². The van der Waals surface area contributed by atoms with Crippen molar-refractivity contribution in [3.8, 4) is 5.75 Å². The zero-order valence-corrected chi connectivity index (χ0v) is 22.2. The molecule has 0 bridgehead atoms. The summed E-state index contributed by atoms with van der Waals surface area (Å²) in [6.45, 7) is 4.08. The van der Waals surface area contributed by atoms with E-state index >= 15 is 0 Å². The van der Waals surface area contributed by atoms with E-state index in [9.17, 15) is 18.0 Å². The lowest BCUT2D eigenvalue weighted by molar-refractivity contribution is -0.139. The molecule has 35 heavy (non-hydrogen) atoms. The number of hydrogen-bond donors (Lipinski definition) is 1. The first-order chi connectivity index (χ1) is 16.6. The molecule has 0 aliphatic carbocycles. The third-order valence-corrected chi connectivity index (χ3v) is 6.96. The summed E-state index contributed by atoms with van der Waals surface area (Å²) in [5, 5.41) is 3.08. The second-order valence-electron chi connectivity index (χ2n) is 8.13. The number of methoxy groups -OCH3 is 1. The van der Waals surface area contributed by atoms with Gasteiger partial charge in [-0.05, 0) is 43.0 Å². The molecule has 10 heteroatoms. The van der Waals surface area contributed by atoms with Crippen LogP contribution in [0, 0.1) is 0 Å². The minimum Gasteiger partial charge on any atom is -0.495 e. The summed E-state index contributed by atoms with van der Waals surface area (Å²) >= 11 is 6.21. The van der Waals surface area contributed by atoms with Gasteiger partial charge in [0.05, 0.1) is 24.1 Å². The van der Waals surface area contributed by atoms with Crippen LogP contribution in [-0.2, 0) is 26.0 Å². The smallest absolute Gasteiger partial charge is 0.244 e. The number of anilines is 1. The maximum Gasteiger partial charge on any atom is 0.244 e. The van der Waals surface area contributed by atoms with Gasteiger partial charge in [-0.25, -0.2) is 8.42 Å². The van der Waals surface area contributed by atoms with E-state index in [-0.39, 0.29) is 23.2 Å². The van der Waals surface area contributed by atoms with Crippen molar-refractivity contribution in [2.45, 2.75) is 39.2 Å². The van der Waals surface area contributed by atoms with Crippen molar-refractivity contribution in [3.63, 3.8) is 0 Å². The lowest BCUT2D eigenvalue weighted by atomic mass is 10.1. The monoisotopic (exact) mass is 523 g/mol. The fourth-order valence-electron chi connectivity index (χ4n) is 3.69. The van der Waals surface area contributed by atoms with E-state index < -0.39 is 28.5 Å². The van der Waals surface area contributed by atoms with Gasteiger partial charge in [0.15, 0.2) is 0 Å². The van der Waals surface area contributed by atoms with Gasteiger partial charge in [-0.3, -0.25) is 13.9 Å². The standard InChI is InChI=1S/C25H34ClN3O5S/c1-5-15-27-25(31)22(6-2)28(16-14-19-10-8-7-9-11-19)24(30)18-29(35(4,32)33)20-12-13-23(34-3)21(26)17-20/h7-13,17,22H,5-6,14-16,18H2,1-4H3,(H,27,31)/t22-/m1/s1. The molecule has 2 amide bonds. The Bertz CT molecular complexity index is 1100. The van der Waals surface area contributed by atoms with Crippen LogP contribution in [0.15, 0.2) is 48.5 Å². The number of carbonyl (C=O) groups is 2. The van der Waals surface area contributed by atoms with E-state index in [1.807, 2.05) is 44.2 Å². The fourth-order valence-corrected chi connectivity index (χ4v) is 4.78. The van der Waals surface area contributed by atoms with Gasteiger partial charge in [-0.2, -0.15) is 0 Å². The molecule has 0 radical (unpaired) electrons. The summed E-state index contributed by atoms with van der Waals surface area (Å²) in [6.07, 6.45) is 2.71. The summed E-state index contributed by atoms with van der Waals surface area (Å²) in [6, 6.07) is 13.4. The van der Waals surface area contributed by atoms with Crippen LogP contribution in [0.5, 0.6) is 5.75 Å². The zero-order chi connectivity index (χ0) is 26.0. The predicted molar refractivity (Wildman–Crippen MR) is 139 cm³/mol. The maximum atomic E-state index is 13.6. The van der Waals surface area contributed by atoms with Crippen molar-refractivity contribution in [3.05, 3.63) is 59.1 Å². The second-order valence-corrected chi connectivity index (χ2v) is 10.4. The highest BCUT2D eigenvalue weighted by Gasteiger charge is 2.31. The van der Waals surface area contributed by atoms with E-state index in [2.05, 4.69) is 5.32 Å². The van der Waals surface area contributed by atoms with Crippen molar-refractivity contribution in [1.82, 2.24) is 10.2 Å². The number of amides is 2. The Hall–Kier alpha value is -2.78. The van der Waals surface area contributed by atoms with E-state index in [0.717, 1.165) is 22.5 Å². The first-order valence-electron chi connectivity index (χ1n) is 11.5. The zero-order valence-electron chi connectivity index (χ0n) is 20.7. The SMILES string of the molecule is CCCNC(=O)[C@@H](CC)N(CCc1ccccc1)C(=O)CN(c1ccc(OC)c(Cl)c1)S(C)(=O)=O. The van der Waals surface area contributed by atoms with Gasteiger partial charge in [-0.15, -0.1) is 0 Å². The van der Waals surface area contributed by atoms with Gasteiger partial charge in [0, 0.05) is 13.1 Å². The Kier molecular flexibility index (Phi) is 10.9. The molecule has 2 aromatic carbocycles. The molecule has 0 heterocycles. The summed E-state index contributed by atoms with van der Waals surface area (Å²) in [5.74, 6) is -0.343. The Balaban J connectivity index is 2.37. The Morgan fingerprint density at radius 3 is 2.34 bits per heavy atom. The van der Waals surface area contributed by atoms with E-state index in [4.69, 9.17) is 16.3 Å². The number of nitrogens with zero attached hydrogens (tertiary/aromatic N) is 2. The number of benzene rings is 2. The molecule has 192 valence electrons. The molecule has 2 aromatic rings. The normalized spacial score (nSPS) is 12.0. The van der Waals surface area contributed by atoms with Gasteiger partial charge >= 0.3 is 0 Å². The van der Waals surface area contributed by atoms with E-state index in [0.29, 0.717) is 25.1 Å². The third kappa shape index (κ3) is 8.14. The van der Waals surface area contributed by atoms with Gasteiger partial charge < -0.3 is 15.0 Å². The number of hydrogen-bond acceptors (Lipinski definition) is 5. The van der Waals surface area contributed by atoms with Crippen LogP contribution in [0.25, 0.3) is 0 Å². The Morgan fingerprint density at radius 2 is 1.80 bits per heavy atom. The third-order valence-electron chi connectivity index (χ3n) is 5.52. The maximum absolute atomic E-state index is 13.6. The molecular weight excluding hydrogens is 490 g/mol. The van der Waals surface area contributed by atoms with Crippen molar-refractivity contribution in [1.29, 1.82) is 0 Å². The number of halogens is 1. The highest BCUT2D eigenvalue weighted by Crippen LogP contribution is 2.30. The topological polar surface area (TPSA) is 96.0 Å². The van der Waals surface area contributed by atoms with Crippen LogP contribution in [0.4, 0.5) is 5.69 Å². The van der Waals surface area contributed by atoms with Gasteiger partial charge in [0.25, 0.3) is 0 Å². The second kappa shape index (κ2) is 13.3. The van der Waals surface area contributed by atoms with Crippen molar-refractivity contribution >= 4 is 39.1 Å². The average Bonchev–Trinajstić information content (AvgIpc) is 2.83. The Labute approximate surface area is 213 Å². The van der Waals surface area contributed by atoms with E-state index in [1.165, 1.54) is 24.1 Å². The molecule has 0 saturated carbocycles. The number of rotatable bonds is 13. The predicted octanol–water partition coefficient (Wildman–Crippen LogP) is 3.49. The summed E-state index contributed by atoms with van der Waals surface area (Å²) < 4.78 is 31.4. The molecule has 8 nitrogen and oxygen atoms in total. The van der Waals surface area contributed by atoms with Crippen LogP contribution in [-0.4, -0.2) is 64.2 Å². The number of carbonyl (C=O) groups excluding carboxylic acids is 2. The number of sulfonamides is 1. The molecule has 1 N–H and O–H groups in total. The first-order valence-corrected chi connectivity index (χ1v) is 13.8. The summed E-state index contributed by atoms with van der Waals surface area (Å²) in [5.41, 5.74) is 1.24. The van der Waals surface area contributed by atoms with Gasteiger partial charge in [-0.1, -0.05) is 55.8 Å². The highest BCUT2D eigenvalue weighted by atomic mass is 35.5. The molecule has 0 aromatic heterocycles. The molecule has 0 spiro atoms. The van der Waals surface area contributed by atoms with Crippen LogP contribution < -0.4 is 14.4 Å². The van der Waals surface area contributed by atoms with Crippen LogP contribution >= 0.6 is 11.6 Å².